The van der Waals surface area contributed by atoms with Gasteiger partial charge >= 0.3 is 0 Å². The van der Waals surface area contributed by atoms with Crippen LogP contribution in [0.4, 0.5) is 5.69 Å². The highest BCUT2D eigenvalue weighted by atomic mass is 16.5. The van der Waals surface area contributed by atoms with E-state index in [4.69, 9.17) is 4.74 Å². The zero-order valence-electron chi connectivity index (χ0n) is 18.2. The summed E-state index contributed by atoms with van der Waals surface area (Å²) in [6.45, 7) is 6.78. The normalized spacial score (nSPS) is 11.8. The third kappa shape index (κ3) is 6.33. The Hall–Kier alpha value is -2.84. The van der Waals surface area contributed by atoms with Crippen molar-refractivity contribution in [3.8, 4) is 0 Å². The van der Waals surface area contributed by atoms with E-state index in [1.807, 2.05) is 0 Å². The minimum absolute atomic E-state index is 0.738. The molecule has 0 amide bonds. The summed E-state index contributed by atoms with van der Waals surface area (Å²) in [5.74, 6) is 0. The first-order chi connectivity index (χ1) is 14.8. The van der Waals surface area contributed by atoms with Gasteiger partial charge < -0.3 is 10.1 Å². The maximum absolute atomic E-state index is 5.56. The van der Waals surface area contributed by atoms with Gasteiger partial charge in [-0.05, 0) is 53.7 Å². The Morgan fingerprint density at radius 2 is 1.37 bits per heavy atom. The molecule has 0 aromatic heterocycles. The summed E-state index contributed by atoms with van der Waals surface area (Å²) in [5, 5.41) is 3.45. The minimum atomic E-state index is 0.738. The highest BCUT2D eigenvalue weighted by Crippen LogP contribution is 2.31. The highest BCUT2D eigenvalue weighted by Gasteiger charge is 2.12. The molecule has 0 atom stereocenters. The first kappa shape index (κ1) is 21.9. The number of benzene rings is 3. The van der Waals surface area contributed by atoms with Gasteiger partial charge in [-0.1, -0.05) is 92.2 Å². The molecule has 1 N–H and O–H groups in total. The Balaban J connectivity index is 1.85. The molecule has 0 fully saturated rings. The molecule has 0 saturated heterocycles. The quantitative estimate of drug-likeness (QED) is 0.351. The SMILES string of the molecule is CCCOCCNc1ccc(/C(=C(/CC)Cc2ccccc2)c2ccccc2)cc1. The number of anilines is 1. The van der Waals surface area contributed by atoms with Crippen molar-refractivity contribution in [1.82, 2.24) is 0 Å². The van der Waals surface area contributed by atoms with Crippen LogP contribution in [0.15, 0.2) is 90.5 Å². The largest absolute Gasteiger partial charge is 0.383 e. The lowest BCUT2D eigenvalue weighted by atomic mass is 9.88. The highest BCUT2D eigenvalue weighted by molar-refractivity contribution is 5.83. The van der Waals surface area contributed by atoms with Gasteiger partial charge in [0.25, 0.3) is 0 Å². The number of hydrogen-bond acceptors (Lipinski definition) is 2. The zero-order chi connectivity index (χ0) is 21.0. The lowest BCUT2D eigenvalue weighted by Gasteiger charge is -2.17. The Morgan fingerprint density at radius 1 is 0.733 bits per heavy atom. The minimum Gasteiger partial charge on any atom is -0.383 e. The summed E-state index contributed by atoms with van der Waals surface area (Å²) in [6.07, 6.45) is 3.05. The summed E-state index contributed by atoms with van der Waals surface area (Å²) >= 11 is 0. The van der Waals surface area contributed by atoms with Crippen molar-refractivity contribution in [2.75, 3.05) is 25.1 Å². The molecular weight excluding hydrogens is 366 g/mol. The molecule has 0 aliphatic carbocycles. The van der Waals surface area contributed by atoms with Gasteiger partial charge in [0.05, 0.1) is 6.61 Å². The van der Waals surface area contributed by atoms with Crippen LogP contribution in [0.5, 0.6) is 0 Å². The van der Waals surface area contributed by atoms with E-state index in [1.54, 1.807) is 0 Å². The molecule has 3 rings (SSSR count). The number of allylic oxidation sites excluding steroid dienone is 1. The third-order valence-electron chi connectivity index (χ3n) is 5.20. The van der Waals surface area contributed by atoms with Crippen molar-refractivity contribution in [2.45, 2.75) is 33.1 Å². The van der Waals surface area contributed by atoms with Crippen molar-refractivity contribution < 1.29 is 4.74 Å². The predicted octanol–water partition coefficient (Wildman–Crippen LogP) is 6.98. The Kier molecular flexibility index (Phi) is 8.74. The molecule has 0 unspecified atom stereocenters. The molecule has 0 aliphatic rings. The van der Waals surface area contributed by atoms with E-state index in [0.717, 1.165) is 44.7 Å². The van der Waals surface area contributed by atoms with Crippen LogP contribution >= 0.6 is 0 Å². The molecule has 0 bridgehead atoms. The van der Waals surface area contributed by atoms with Gasteiger partial charge in [0.1, 0.15) is 0 Å². The Labute approximate surface area is 181 Å². The monoisotopic (exact) mass is 399 g/mol. The van der Waals surface area contributed by atoms with Crippen LogP contribution in [0, 0.1) is 0 Å². The van der Waals surface area contributed by atoms with Crippen LogP contribution in [0.2, 0.25) is 0 Å². The van der Waals surface area contributed by atoms with Crippen LogP contribution in [-0.2, 0) is 11.2 Å². The number of hydrogen-bond donors (Lipinski definition) is 1. The molecular formula is C28H33NO. The molecule has 0 saturated carbocycles. The zero-order valence-corrected chi connectivity index (χ0v) is 18.2. The number of nitrogens with one attached hydrogen (secondary N) is 1. The lowest BCUT2D eigenvalue weighted by Crippen LogP contribution is -2.09. The van der Waals surface area contributed by atoms with Crippen molar-refractivity contribution in [1.29, 1.82) is 0 Å². The average Bonchev–Trinajstić information content (AvgIpc) is 2.81. The molecule has 3 aromatic carbocycles. The topological polar surface area (TPSA) is 21.3 Å². The number of ether oxygens (including phenoxy) is 1. The van der Waals surface area contributed by atoms with E-state index in [-0.39, 0.29) is 0 Å². The van der Waals surface area contributed by atoms with Gasteiger partial charge in [0.2, 0.25) is 0 Å². The van der Waals surface area contributed by atoms with E-state index >= 15 is 0 Å². The second-order valence-corrected chi connectivity index (χ2v) is 7.48. The molecule has 2 nitrogen and oxygen atoms in total. The predicted molar refractivity (Wildman–Crippen MR) is 129 cm³/mol. The molecule has 0 aliphatic heterocycles. The van der Waals surface area contributed by atoms with E-state index in [0.29, 0.717) is 0 Å². The van der Waals surface area contributed by atoms with Crippen molar-refractivity contribution in [3.05, 3.63) is 107 Å². The second-order valence-electron chi connectivity index (χ2n) is 7.48. The van der Waals surface area contributed by atoms with Crippen LogP contribution in [0.1, 0.15) is 43.4 Å². The van der Waals surface area contributed by atoms with Gasteiger partial charge in [-0.3, -0.25) is 0 Å². The summed E-state index contributed by atoms with van der Waals surface area (Å²) in [6, 6.07) is 30.3. The molecule has 30 heavy (non-hydrogen) atoms. The van der Waals surface area contributed by atoms with Crippen molar-refractivity contribution in [2.24, 2.45) is 0 Å². The summed E-state index contributed by atoms with van der Waals surface area (Å²) < 4.78 is 5.56. The molecule has 3 aromatic rings. The summed E-state index contributed by atoms with van der Waals surface area (Å²) in [7, 11) is 0. The smallest absolute Gasteiger partial charge is 0.0639 e. The molecule has 156 valence electrons. The lowest BCUT2D eigenvalue weighted by molar-refractivity contribution is 0.144. The van der Waals surface area contributed by atoms with Gasteiger partial charge in [0.15, 0.2) is 0 Å². The van der Waals surface area contributed by atoms with E-state index < -0.39 is 0 Å². The summed E-state index contributed by atoms with van der Waals surface area (Å²) in [5.41, 5.74) is 7.84. The first-order valence-electron chi connectivity index (χ1n) is 11.0. The fourth-order valence-electron chi connectivity index (χ4n) is 3.68. The van der Waals surface area contributed by atoms with Crippen molar-refractivity contribution in [3.63, 3.8) is 0 Å². The molecule has 2 heteroatoms. The first-order valence-corrected chi connectivity index (χ1v) is 11.0. The molecule has 0 heterocycles. The van der Waals surface area contributed by atoms with E-state index in [1.165, 1.54) is 27.8 Å². The second kappa shape index (κ2) is 12.0. The third-order valence-corrected chi connectivity index (χ3v) is 5.20. The maximum Gasteiger partial charge on any atom is 0.0639 e. The maximum atomic E-state index is 5.56. The van der Waals surface area contributed by atoms with Gasteiger partial charge in [0, 0.05) is 18.8 Å². The fourth-order valence-corrected chi connectivity index (χ4v) is 3.68. The van der Waals surface area contributed by atoms with Gasteiger partial charge in [-0.25, -0.2) is 0 Å². The van der Waals surface area contributed by atoms with Crippen molar-refractivity contribution >= 4 is 11.3 Å². The van der Waals surface area contributed by atoms with Crippen LogP contribution in [0.25, 0.3) is 5.57 Å². The van der Waals surface area contributed by atoms with Gasteiger partial charge in [-0.15, -0.1) is 0 Å². The van der Waals surface area contributed by atoms with Crippen LogP contribution < -0.4 is 5.32 Å². The number of rotatable bonds is 11. The van der Waals surface area contributed by atoms with Crippen LogP contribution in [0.3, 0.4) is 0 Å². The van der Waals surface area contributed by atoms with Crippen LogP contribution in [-0.4, -0.2) is 19.8 Å². The standard InChI is InChI=1S/C28H33NO/c1-3-20-30-21-19-29-27-17-15-26(16-18-27)28(25-13-9-6-10-14-25)24(4-2)22-23-11-7-5-8-12-23/h5-18,29H,3-4,19-22H2,1-2H3/b28-24-. The van der Waals surface area contributed by atoms with E-state index in [9.17, 15) is 0 Å². The Bertz CT molecular complexity index is 898. The van der Waals surface area contributed by atoms with E-state index in [2.05, 4.69) is 104 Å². The molecule has 0 spiro atoms. The average molecular weight is 400 g/mol. The fraction of sp³-hybridized carbons (Fsp3) is 0.286. The Morgan fingerprint density at radius 3 is 2.00 bits per heavy atom. The molecule has 0 radical (unpaired) electrons. The summed E-state index contributed by atoms with van der Waals surface area (Å²) in [4.78, 5) is 0. The van der Waals surface area contributed by atoms with Gasteiger partial charge in [-0.2, -0.15) is 0 Å².